The summed E-state index contributed by atoms with van der Waals surface area (Å²) in [5.74, 6) is -1.84. The van der Waals surface area contributed by atoms with Crippen LogP contribution in [-0.4, -0.2) is 34.6 Å². The summed E-state index contributed by atoms with van der Waals surface area (Å²) in [6, 6.07) is 5.73. The van der Waals surface area contributed by atoms with Gasteiger partial charge in [-0.25, -0.2) is 0 Å². The minimum absolute atomic E-state index is 0.183. The van der Waals surface area contributed by atoms with Crippen molar-refractivity contribution in [3.05, 3.63) is 36.4 Å². The van der Waals surface area contributed by atoms with Gasteiger partial charge in [-0.05, 0) is 44.0 Å². The number of hydrogen-bond acceptors (Lipinski definition) is 4. The number of fused-ring (bicyclic) bond motifs is 1. The van der Waals surface area contributed by atoms with Crippen LogP contribution in [0.4, 0.5) is 11.4 Å². The molecule has 3 rings (SSSR count). The van der Waals surface area contributed by atoms with Crippen molar-refractivity contribution in [2.75, 3.05) is 10.6 Å². The van der Waals surface area contributed by atoms with Gasteiger partial charge in [0.25, 0.3) is 0 Å². The van der Waals surface area contributed by atoms with Gasteiger partial charge in [-0.2, -0.15) is 0 Å². The van der Waals surface area contributed by atoms with Crippen LogP contribution in [0.5, 0.6) is 0 Å². The largest absolute Gasteiger partial charge is 0.326 e. The Hall–Kier alpha value is -2.96. The fourth-order valence-corrected chi connectivity index (χ4v) is 3.41. The number of allylic oxidation sites excluding steroid dienone is 2. The fourth-order valence-electron chi connectivity index (χ4n) is 3.41. The summed E-state index contributed by atoms with van der Waals surface area (Å²) >= 11 is 0. The van der Waals surface area contributed by atoms with E-state index in [1.807, 2.05) is 12.2 Å². The van der Waals surface area contributed by atoms with E-state index in [4.69, 9.17) is 0 Å². The van der Waals surface area contributed by atoms with E-state index < -0.39 is 11.9 Å². The van der Waals surface area contributed by atoms with Crippen molar-refractivity contribution < 1.29 is 19.2 Å². The number of likely N-dealkylation sites (tertiary alicyclic amines) is 1. The van der Waals surface area contributed by atoms with Crippen molar-refractivity contribution >= 4 is 35.0 Å². The number of amides is 4. The maximum atomic E-state index is 12.5. The topological polar surface area (TPSA) is 95.6 Å². The molecule has 1 fully saturated rings. The van der Waals surface area contributed by atoms with Crippen molar-refractivity contribution in [2.45, 2.75) is 32.7 Å². The molecule has 136 valence electrons. The van der Waals surface area contributed by atoms with E-state index in [0.717, 1.165) is 4.90 Å². The van der Waals surface area contributed by atoms with Crippen LogP contribution in [0.2, 0.25) is 0 Å². The molecule has 4 amide bonds. The molecule has 0 bridgehead atoms. The van der Waals surface area contributed by atoms with E-state index in [9.17, 15) is 19.2 Å². The van der Waals surface area contributed by atoms with Gasteiger partial charge in [0.05, 0.1) is 11.8 Å². The van der Waals surface area contributed by atoms with Crippen LogP contribution in [0, 0.1) is 11.8 Å². The first-order valence-electron chi connectivity index (χ1n) is 8.59. The van der Waals surface area contributed by atoms with Crippen LogP contribution in [-0.2, 0) is 19.2 Å². The predicted octanol–water partition coefficient (Wildman–Crippen LogP) is 1.92. The Bertz CT molecular complexity index is 758. The Balaban J connectivity index is 1.67. The number of imide groups is 1. The lowest BCUT2D eigenvalue weighted by Gasteiger charge is -2.22. The second-order valence-corrected chi connectivity index (χ2v) is 6.63. The minimum atomic E-state index is -0.879. The van der Waals surface area contributed by atoms with Crippen molar-refractivity contribution in [2.24, 2.45) is 11.8 Å². The zero-order valence-corrected chi connectivity index (χ0v) is 14.7. The monoisotopic (exact) mass is 355 g/mol. The third-order valence-corrected chi connectivity index (χ3v) is 4.78. The summed E-state index contributed by atoms with van der Waals surface area (Å²) < 4.78 is 0. The van der Waals surface area contributed by atoms with E-state index in [-0.39, 0.29) is 29.6 Å². The molecule has 1 aliphatic heterocycles. The molecule has 1 aromatic rings. The van der Waals surface area contributed by atoms with Gasteiger partial charge in [-0.15, -0.1) is 0 Å². The van der Waals surface area contributed by atoms with Crippen LogP contribution in [0.15, 0.2) is 36.4 Å². The molecule has 7 heteroatoms. The molecule has 1 aromatic carbocycles. The summed E-state index contributed by atoms with van der Waals surface area (Å²) in [7, 11) is 0. The Morgan fingerprint density at radius 1 is 0.962 bits per heavy atom. The number of anilines is 2. The van der Waals surface area contributed by atoms with Crippen LogP contribution >= 0.6 is 0 Å². The maximum Gasteiger partial charge on any atom is 0.247 e. The second-order valence-electron chi connectivity index (χ2n) is 6.63. The maximum absolute atomic E-state index is 12.5. The van der Waals surface area contributed by atoms with Gasteiger partial charge < -0.3 is 10.6 Å². The zero-order chi connectivity index (χ0) is 18.8. The highest BCUT2D eigenvalue weighted by molar-refractivity contribution is 6.10. The van der Waals surface area contributed by atoms with Gasteiger partial charge in [-0.1, -0.05) is 12.2 Å². The Morgan fingerprint density at radius 3 is 1.88 bits per heavy atom. The Morgan fingerprint density at radius 2 is 1.42 bits per heavy atom. The smallest absolute Gasteiger partial charge is 0.247 e. The molecule has 1 aliphatic carbocycles. The van der Waals surface area contributed by atoms with Gasteiger partial charge in [-0.3, -0.25) is 24.1 Å². The van der Waals surface area contributed by atoms with E-state index in [1.54, 1.807) is 31.2 Å². The van der Waals surface area contributed by atoms with Crippen LogP contribution in [0.25, 0.3) is 0 Å². The van der Waals surface area contributed by atoms with Crippen LogP contribution in [0.3, 0.4) is 0 Å². The summed E-state index contributed by atoms with van der Waals surface area (Å²) in [6.45, 7) is 2.97. The standard InChI is InChI=1S/C19H21N3O4/c1-11(22-18(25)15-5-3-4-6-16(15)19(22)26)17(24)21-14-9-7-13(8-10-14)20-12(2)23/h3-4,7-11,15-16H,5-6H2,1-2H3,(H,20,23)(H,21,24)/t11-,15-,16-/m0/s1. The van der Waals surface area contributed by atoms with Crippen molar-refractivity contribution in [3.8, 4) is 0 Å². The number of hydrogen-bond donors (Lipinski definition) is 2. The molecular weight excluding hydrogens is 334 g/mol. The molecule has 1 heterocycles. The SMILES string of the molecule is CC(=O)Nc1ccc(NC(=O)[C@H](C)N2C(=O)[C@H]3CC=CC[C@@H]3C2=O)cc1. The van der Waals surface area contributed by atoms with Gasteiger partial charge in [0.2, 0.25) is 23.6 Å². The molecular formula is C19H21N3O4. The fraction of sp³-hybridized carbons (Fsp3) is 0.368. The van der Waals surface area contributed by atoms with Gasteiger partial charge in [0.1, 0.15) is 6.04 Å². The van der Waals surface area contributed by atoms with E-state index in [2.05, 4.69) is 10.6 Å². The predicted molar refractivity (Wildman–Crippen MR) is 96.0 cm³/mol. The first-order valence-corrected chi connectivity index (χ1v) is 8.59. The first-order chi connectivity index (χ1) is 12.4. The average molecular weight is 355 g/mol. The normalized spacial score (nSPS) is 22.8. The lowest BCUT2D eigenvalue weighted by atomic mass is 9.85. The molecule has 26 heavy (non-hydrogen) atoms. The lowest BCUT2D eigenvalue weighted by Crippen LogP contribution is -2.46. The molecule has 0 spiro atoms. The molecule has 1 saturated heterocycles. The minimum Gasteiger partial charge on any atom is -0.326 e. The molecule has 0 unspecified atom stereocenters. The second kappa shape index (κ2) is 7.11. The molecule has 2 N–H and O–H groups in total. The van der Waals surface area contributed by atoms with Crippen molar-refractivity contribution in [1.29, 1.82) is 0 Å². The molecule has 0 radical (unpaired) electrons. The molecule has 2 aliphatic rings. The molecule has 7 nitrogen and oxygen atoms in total. The van der Waals surface area contributed by atoms with Crippen molar-refractivity contribution in [1.82, 2.24) is 4.90 Å². The summed E-state index contributed by atoms with van der Waals surface area (Å²) in [4.78, 5) is 49.7. The van der Waals surface area contributed by atoms with Gasteiger partial charge in [0.15, 0.2) is 0 Å². The number of nitrogens with one attached hydrogen (secondary N) is 2. The summed E-state index contributed by atoms with van der Waals surface area (Å²) in [5, 5.41) is 5.35. The van der Waals surface area contributed by atoms with Gasteiger partial charge >= 0.3 is 0 Å². The van der Waals surface area contributed by atoms with Crippen LogP contribution in [0.1, 0.15) is 26.7 Å². The van der Waals surface area contributed by atoms with Gasteiger partial charge in [0, 0.05) is 18.3 Å². The quantitative estimate of drug-likeness (QED) is 0.637. The van der Waals surface area contributed by atoms with E-state index in [0.29, 0.717) is 24.2 Å². The number of carbonyl (C=O) groups excluding carboxylic acids is 4. The number of carbonyl (C=O) groups is 4. The lowest BCUT2D eigenvalue weighted by molar-refractivity contribution is -0.146. The summed E-state index contributed by atoms with van der Waals surface area (Å²) in [5.41, 5.74) is 1.14. The number of benzene rings is 1. The van der Waals surface area contributed by atoms with Crippen LogP contribution < -0.4 is 10.6 Å². The van der Waals surface area contributed by atoms with Crippen molar-refractivity contribution in [3.63, 3.8) is 0 Å². The third kappa shape index (κ3) is 3.37. The highest BCUT2D eigenvalue weighted by Gasteiger charge is 2.50. The third-order valence-electron chi connectivity index (χ3n) is 4.78. The van der Waals surface area contributed by atoms with E-state index >= 15 is 0 Å². The summed E-state index contributed by atoms with van der Waals surface area (Å²) in [6.07, 6.45) is 4.92. The first kappa shape index (κ1) is 17.8. The molecule has 0 saturated carbocycles. The number of rotatable bonds is 4. The number of nitrogens with zero attached hydrogens (tertiary/aromatic N) is 1. The molecule has 3 atom stereocenters. The Kier molecular flexibility index (Phi) is 4.88. The Labute approximate surface area is 151 Å². The molecule has 0 aromatic heterocycles. The zero-order valence-electron chi connectivity index (χ0n) is 14.7. The van der Waals surface area contributed by atoms with E-state index in [1.165, 1.54) is 6.92 Å². The highest BCUT2D eigenvalue weighted by Crippen LogP contribution is 2.36. The average Bonchev–Trinajstić information content (AvgIpc) is 2.87. The highest BCUT2D eigenvalue weighted by atomic mass is 16.2.